The Bertz CT molecular complexity index is 1160. The first kappa shape index (κ1) is 19.1. The molecule has 0 atom stereocenters. The molecule has 7 nitrogen and oxygen atoms in total. The van der Waals surface area contributed by atoms with Gasteiger partial charge in [0.2, 0.25) is 5.65 Å². The smallest absolute Gasteiger partial charge is 0.338 e. The van der Waals surface area contributed by atoms with Crippen molar-refractivity contribution in [3.05, 3.63) is 64.9 Å². The van der Waals surface area contributed by atoms with Gasteiger partial charge in [-0.25, -0.2) is 9.78 Å². The average Bonchev–Trinajstić information content (AvgIpc) is 3.13. The van der Waals surface area contributed by atoms with Crippen molar-refractivity contribution in [1.82, 2.24) is 19.6 Å². The van der Waals surface area contributed by atoms with E-state index in [1.54, 1.807) is 24.3 Å². The number of halogens is 1. The van der Waals surface area contributed by atoms with Crippen LogP contribution in [0, 0.1) is 6.92 Å². The lowest BCUT2D eigenvalue weighted by molar-refractivity contribution is 0.0499. The first-order valence-corrected chi connectivity index (χ1v) is 9.78. The minimum Gasteiger partial charge on any atom is -0.462 e. The zero-order valence-corrected chi connectivity index (χ0v) is 16.7. The van der Waals surface area contributed by atoms with Crippen molar-refractivity contribution in [2.45, 2.75) is 19.8 Å². The van der Waals surface area contributed by atoms with Gasteiger partial charge in [-0.1, -0.05) is 23.7 Å². The molecule has 2 aromatic heterocycles. The largest absolute Gasteiger partial charge is 0.462 e. The lowest BCUT2D eigenvalue weighted by Gasteiger charge is -2.10. The third kappa shape index (κ3) is 4.14. The second-order valence-electron chi connectivity index (χ2n) is 6.63. The Morgan fingerprint density at radius 1 is 1.10 bits per heavy atom. The fraction of sp³-hybridized carbons (Fsp3) is 0.238. The molecule has 148 valence electrons. The molecule has 0 spiro atoms. The number of carbonyl (C=O) groups excluding carboxylic acids is 1. The Labute approximate surface area is 172 Å². The highest BCUT2D eigenvalue weighted by Crippen LogP contribution is 2.21. The number of fused-ring (bicyclic) bond motifs is 3. The van der Waals surface area contributed by atoms with E-state index in [4.69, 9.17) is 16.3 Å². The zero-order chi connectivity index (χ0) is 20.2. The Morgan fingerprint density at radius 3 is 2.72 bits per heavy atom. The summed E-state index contributed by atoms with van der Waals surface area (Å²) in [6, 6.07) is 14.6. The summed E-state index contributed by atoms with van der Waals surface area (Å²) in [5.41, 5.74) is 3.06. The molecule has 2 aromatic carbocycles. The van der Waals surface area contributed by atoms with Crippen molar-refractivity contribution in [2.75, 3.05) is 18.5 Å². The van der Waals surface area contributed by atoms with Gasteiger partial charge in [-0.3, -0.25) is 4.40 Å². The van der Waals surface area contributed by atoms with Gasteiger partial charge in [0.05, 0.1) is 23.2 Å². The summed E-state index contributed by atoms with van der Waals surface area (Å²) in [6.45, 7) is 2.96. The van der Waals surface area contributed by atoms with Crippen LogP contribution in [0.1, 0.15) is 29.0 Å². The molecular formula is C21H20ClN5O2. The number of benzene rings is 2. The normalized spacial score (nSPS) is 11.1. The first-order chi connectivity index (χ1) is 14.1. The molecule has 0 fully saturated rings. The topological polar surface area (TPSA) is 81.4 Å². The van der Waals surface area contributed by atoms with E-state index in [0.29, 0.717) is 35.2 Å². The second-order valence-corrected chi connectivity index (χ2v) is 7.07. The Balaban J connectivity index is 1.32. The van der Waals surface area contributed by atoms with E-state index in [1.165, 1.54) is 0 Å². The third-order valence-electron chi connectivity index (χ3n) is 4.57. The van der Waals surface area contributed by atoms with Gasteiger partial charge in [0.1, 0.15) is 5.82 Å². The molecular weight excluding hydrogens is 390 g/mol. The van der Waals surface area contributed by atoms with Crippen LogP contribution in [0.15, 0.2) is 48.5 Å². The number of esters is 1. The van der Waals surface area contributed by atoms with Gasteiger partial charge >= 0.3 is 5.97 Å². The highest BCUT2D eigenvalue weighted by molar-refractivity contribution is 6.30. The molecule has 0 aliphatic rings. The SMILES string of the molecule is Cc1nnc2c(NCCCCOC(=O)c3ccc(Cl)cc3)nc3ccccc3n12. The van der Waals surface area contributed by atoms with Crippen LogP contribution in [-0.4, -0.2) is 38.7 Å². The van der Waals surface area contributed by atoms with Crippen molar-refractivity contribution in [2.24, 2.45) is 0 Å². The fourth-order valence-corrected chi connectivity index (χ4v) is 3.23. The summed E-state index contributed by atoms with van der Waals surface area (Å²) in [5, 5.41) is 12.4. The number of carbonyl (C=O) groups is 1. The van der Waals surface area contributed by atoms with Gasteiger partial charge in [0.15, 0.2) is 5.82 Å². The molecule has 8 heteroatoms. The minimum atomic E-state index is -0.341. The first-order valence-electron chi connectivity index (χ1n) is 9.40. The number of anilines is 1. The van der Waals surface area contributed by atoms with Crippen LogP contribution in [0.4, 0.5) is 5.82 Å². The van der Waals surface area contributed by atoms with Gasteiger partial charge in [-0.05, 0) is 56.2 Å². The van der Waals surface area contributed by atoms with Crippen molar-refractivity contribution < 1.29 is 9.53 Å². The molecule has 1 N–H and O–H groups in total. The summed E-state index contributed by atoms with van der Waals surface area (Å²) < 4.78 is 7.30. The monoisotopic (exact) mass is 409 g/mol. The second kappa shape index (κ2) is 8.45. The quantitative estimate of drug-likeness (QED) is 0.362. The summed E-state index contributed by atoms with van der Waals surface area (Å²) in [5.74, 6) is 1.17. The highest BCUT2D eigenvalue weighted by atomic mass is 35.5. The lowest BCUT2D eigenvalue weighted by atomic mass is 10.2. The summed E-state index contributed by atoms with van der Waals surface area (Å²) in [7, 11) is 0. The predicted molar refractivity (Wildman–Crippen MR) is 112 cm³/mol. The summed E-state index contributed by atoms with van der Waals surface area (Å²) >= 11 is 5.82. The minimum absolute atomic E-state index is 0.341. The maximum atomic E-state index is 12.0. The summed E-state index contributed by atoms with van der Waals surface area (Å²) in [6.07, 6.45) is 1.56. The molecule has 2 heterocycles. The van der Waals surface area contributed by atoms with Crippen molar-refractivity contribution >= 4 is 40.1 Å². The number of nitrogens with one attached hydrogen (secondary N) is 1. The molecule has 4 aromatic rings. The van der Waals surface area contributed by atoms with E-state index in [1.807, 2.05) is 35.6 Å². The number of aryl methyl sites for hydroxylation is 1. The van der Waals surface area contributed by atoms with E-state index >= 15 is 0 Å². The molecule has 0 saturated carbocycles. The van der Waals surface area contributed by atoms with Gasteiger partial charge in [-0.2, -0.15) is 0 Å². The number of rotatable bonds is 7. The Hall–Kier alpha value is -3.19. The van der Waals surface area contributed by atoms with E-state index in [0.717, 1.165) is 29.7 Å². The van der Waals surface area contributed by atoms with Crippen LogP contribution >= 0.6 is 11.6 Å². The fourth-order valence-electron chi connectivity index (χ4n) is 3.11. The number of ether oxygens (including phenoxy) is 1. The van der Waals surface area contributed by atoms with Crippen molar-refractivity contribution in [3.63, 3.8) is 0 Å². The third-order valence-corrected chi connectivity index (χ3v) is 4.82. The molecule has 29 heavy (non-hydrogen) atoms. The molecule has 0 aliphatic heterocycles. The summed E-state index contributed by atoms with van der Waals surface area (Å²) in [4.78, 5) is 16.7. The van der Waals surface area contributed by atoms with Crippen LogP contribution in [0.3, 0.4) is 0 Å². The Morgan fingerprint density at radius 2 is 1.90 bits per heavy atom. The van der Waals surface area contributed by atoms with Crippen molar-refractivity contribution in [3.8, 4) is 0 Å². The van der Waals surface area contributed by atoms with Crippen LogP contribution in [-0.2, 0) is 4.74 Å². The molecule has 0 bridgehead atoms. The van der Waals surface area contributed by atoms with Crippen LogP contribution in [0.5, 0.6) is 0 Å². The zero-order valence-electron chi connectivity index (χ0n) is 15.9. The average molecular weight is 410 g/mol. The van der Waals surface area contributed by atoms with Crippen LogP contribution in [0.25, 0.3) is 16.7 Å². The maximum Gasteiger partial charge on any atom is 0.338 e. The standard InChI is InChI=1S/C21H20ClN5O2/c1-14-25-26-20-19(24-17-6-2-3-7-18(17)27(14)20)23-12-4-5-13-29-21(28)15-8-10-16(22)11-9-15/h2-3,6-11H,4-5,12-13H2,1H3,(H,23,24). The van der Waals surface area contributed by atoms with Crippen LogP contribution < -0.4 is 5.32 Å². The number of unbranched alkanes of at least 4 members (excludes halogenated alkanes) is 1. The van der Waals surface area contributed by atoms with E-state index in [9.17, 15) is 4.79 Å². The molecule has 0 radical (unpaired) electrons. The van der Waals surface area contributed by atoms with Crippen molar-refractivity contribution in [1.29, 1.82) is 0 Å². The van der Waals surface area contributed by atoms with Gasteiger partial charge in [-0.15, -0.1) is 10.2 Å². The van der Waals surface area contributed by atoms with Gasteiger partial charge in [0, 0.05) is 11.6 Å². The number of nitrogens with zero attached hydrogens (tertiary/aromatic N) is 4. The molecule has 4 rings (SSSR count). The maximum absolute atomic E-state index is 12.0. The molecule has 0 aliphatic carbocycles. The highest BCUT2D eigenvalue weighted by Gasteiger charge is 2.12. The molecule has 0 unspecified atom stereocenters. The van der Waals surface area contributed by atoms with Gasteiger partial charge in [0.25, 0.3) is 0 Å². The number of hydrogen-bond acceptors (Lipinski definition) is 6. The van der Waals surface area contributed by atoms with Crippen LogP contribution in [0.2, 0.25) is 5.02 Å². The van der Waals surface area contributed by atoms with Gasteiger partial charge < -0.3 is 10.1 Å². The van der Waals surface area contributed by atoms with E-state index in [-0.39, 0.29) is 5.97 Å². The Kier molecular flexibility index (Phi) is 5.57. The number of aromatic nitrogens is 4. The predicted octanol–water partition coefficient (Wildman–Crippen LogP) is 4.29. The molecule has 0 amide bonds. The van der Waals surface area contributed by atoms with E-state index < -0.39 is 0 Å². The number of hydrogen-bond donors (Lipinski definition) is 1. The number of para-hydroxylation sites is 2. The lowest BCUT2D eigenvalue weighted by Crippen LogP contribution is -2.10. The van der Waals surface area contributed by atoms with E-state index in [2.05, 4.69) is 20.5 Å². The molecule has 0 saturated heterocycles.